The first-order valence-electron chi connectivity index (χ1n) is 5.51. The summed E-state index contributed by atoms with van der Waals surface area (Å²) in [6, 6.07) is 6.33. The van der Waals surface area contributed by atoms with Crippen LogP contribution in [0.25, 0.3) is 0 Å². The molecule has 8 heteroatoms. The molecule has 0 saturated carbocycles. The van der Waals surface area contributed by atoms with Crippen molar-refractivity contribution in [3.63, 3.8) is 0 Å². The van der Waals surface area contributed by atoms with E-state index >= 15 is 0 Å². The van der Waals surface area contributed by atoms with Crippen LogP contribution < -0.4 is 11.1 Å². The standard InChI is InChI=1S/C12H10ClF3N4/c1-6-3-2-4-7(13)10(6)19-9-5-8(17)18-11(20-9)12(14,15)16/h2-5H,1H3,(H3,17,18,19,20). The fourth-order valence-corrected chi connectivity index (χ4v) is 1.84. The van der Waals surface area contributed by atoms with E-state index in [9.17, 15) is 13.2 Å². The predicted molar refractivity (Wildman–Crippen MR) is 70.9 cm³/mol. The van der Waals surface area contributed by atoms with E-state index < -0.39 is 12.0 Å². The number of aryl methyl sites for hydroxylation is 1. The maximum atomic E-state index is 12.6. The zero-order valence-electron chi connectivity index (χ0n) is 10.3. The number of hydrogen-bond donors (Lipinski definition) is 2. The summed E-state index contributed by atoms with van der Waals surface area (Å²) < 4.78 is 37.8. The minimum absolute atomic E-state index is 0.0685. The van der Waals surface area contributed by atoms with Crippen LogP contribution >= 0.6 is 11.6 Å². The number of alkyl halides is 3. The van der Waals surface area contributed by atoms with Gasteiger partial charge in [-0.3, -0.25) is 0 Å². The molecular weight excluding hydrogens is 293 g/mol. The molecule has 0 radical (unpaired) electrons. The number of aromatic nitrogens is 2. The fourth-order valence-electron chi connectivity index (χ4n) is 1.58. The molecule has 0 fully saturated rings. The Hall–Kier alpha value is -2.02. The second-order valence-electron chi connectivity index (χ2n) is 4.06. The maximum absolute atomic E-state index is 12.6. The molecule has 0 amide bonds. The summed E-state index contributed by atoms with van der Waals surface area (Å²) in [5.41, 5.74) is 6.60. The van der Waals surface area contributed by atoms with Gasteiger partial charge in [0.05, 0.1) is 10.7 Å². The van der Waals surface area contributed by atoms with E-state index in [1.54, 1.807) is 25.1 Å². The molecule has 0 unspecified atom stereocenters. The summed E-state index contributed by atoms with van der Waals surface area (Å²) in [7, 11) is 0. The molecule has 0 aliphatic rings. The van der Waals surface area contributed by atoms with Gasteiger partial charge in [0.2, 0.25) is 5.82 Å². The lowest BCUT2D eigenvalue weighted by Gasteiger charge is -2.13. The average molecular weight is 303 g/mol. The first-order valence-corrected chi connectivity index (χ1v) is 5.89. The van der Waals surface area contributed by atoms with Crippen molar-refractivity contribution in [2.45, 2.75) is 13.1 Å². The number of nitrogens with zero attached hydrogens (tertiary/aromatic N) is 2. The second-order valence-corrected chi connectivity index (χ2v) is 4.46. The molecule has 1 aromatic carbocycles. The number of rotatable bonds is 2. The van der Waals surface area contributed by atoms with Crippen LogP contribution in [-0.2, 0) is 6.18 Å². The molecule has 0 spiro atoms. The van der Waals surface area contributed by atoms with Crippen molar-refractivity contribution in [2.24, 2.45) is 0 Å². The van der Waals surface area contributed by atoms with Gasteiger partial charge in [0.25, 0.3) is 0 Å². The van der Waals surface area contributed by atoms with Crippen LogP contribution in [0.5, 0.6) is 0 Å². The molecule has 2 rings (SSSR count). The molecular formula is C12H10ClF3N4. The van der Waals surface area contributed by atoms with Crippen LogP contribution in [0.2, 0.25) is 5.02 Å². The number of para-hydroxylation sites is 1. The van der Waals surface area contributed by atoms with Gasteiger partial charge in [0.15, 0.2) is 0 Å². The SMILES string of the molecule is Cc1cccc(Cl)c1Nc1cc(N)nc(C(F)(F)F)n1. The highest BCUT2D eigenvalue weighted by Gasteiger charge is 2.35. The molecule has 3 N–H and O–H groups in total. The minimum Gasteiger partial charge on any atom is -0.384 e. The van der Waals surface area contributed by atoms with Crippen LogP contribution in [0.15, 0.2) is 24.3 Å². The van der Waals surface area contributed by atoms with Gasteiger partial charge in [0.1, 0.15) is 11.6 Å². The van der Waals surface area contributed by atoms with Crippen molar-refractivity contribution in [1.29, 1.82) is 0 Å². The highest BCUT2D eigenvalue weighted by atomic mass is 35.5. The van der Waals surface area contributed by atoms with Crippen LogP contribution in [0.3, 0.4) is 0 Å². The van der Waals surface area contributed by atoms with Crippen LogP contribution in [0, 0.1) is 6.92 Å². The second kappa shape index (κ2) is 5.16. The summed E-state index contributed by atoms with van der Waals surface area (Å²) in [6.07, 6.45) is -4.67. The number of nitrogens with one attached hydrogen (secondary N) is 1. The summed E-state index contributed by atoms with van der Waals surface area (Å²) >= 11 is 5.99. The van der Waals surface area contributed by atoms with E-state index in [4.69, 9.17) is 17.3 Å². The van der Waals surface area contributed by atoms with Crippen LogP contribution in [0.1, 0.15) is 11.4 Å². The number of hydrogen-bond acceptors (Lipinski definition) is 4. The van der Waals surface area contributed by atoms with Crippen molar-refractivity contribution in [3.05, 3.63) is 40.7 Å². The fraction of sp³-hybridized carbons (Fsp3) is 0.167. The van der Waals surface area contributed by atoms with Crippen LogP contribution in [0.4, 0.5) is 30.5 Å². The highest BCUT2D eigenvalue weighted by Crippen LogP contribution is 2.31. The Balaban J connectivity index is 2.42. The Morgan fingerprint density at radius 3 is 2.55 bits per heavy atom. The summed E-state index contributed by atoms with van der Waals surface area (Å²) in [5.74, 6) is -1.65. The van der Waals surface area contributed by atoms with Gasteiger partial charge >= 0.3 is 6.18 Å². The molecule has 0 saturated heterocycles. The van der Waals surface area contributed by atoms with Gasteiger partial charge in [-0.15, -0.1) is 0 Å². The third-order valence-corrected chi connectivity index (χ3v) is 2.79. The van der Waals surface area contributed by atoms with Crippen molar-refractivity contribution < 1.29 is 13.2 Å². The van der Waals surface area contributed by atoms with Gasteiger partial charge < -0.3 is 11.1 Å². The predicted octanol–water partition coefficient (Wildman–Crippen LogP) is 3.78. The van der Waals surface area contributed by atoms with Gasteiger partial charge in [-0.1, -0.05) is 23.7 Å². The molecule has 4 nitrogen and oxygen atoms in total. The molecule has 1 heterocycles. The van der Waals surface area contributed by atoms with E-state index in [0.717, 1.165) is 5.56 Å². The third kappa shape index (κ3) is 3.11. The van der Waals surface area contributed by atoms with Crippen molar-refractivity contribution in [3.8, 4) is 0 Å². The highest BCUT2D eigenvalue weighted by molar-refractivity contribution is 6.33. The molecule has 0 bridgehead atoms. The van der Waals surface area contributed by atoms with Gasteiger partial charge in [-0.2, -0.15) is 13.2 Å². The molecule has 106 valence electrons. The van der Waals surface area contributed by atoms with Crippen molar-refractivity contribution in [2.75, 3.05) is 11.1 Å². The number of nitrogens with two attached hydrogens (primary N) is 1. The Morgan fingerprint density at radius 2 is 1.95 bits per heavy atom. The largest absolute Gasteiger partial charge is 0.451 e. The molecule has 0 atom stereocenters. The van der Waals surface area contributed by atoms with E-state index in [-0.39, 0.29) is 11.6 Å². The number of anilines is 3. The monoisotopic (exact) mass is 302 g/mol. The van der Waals surface area contributed by atoms with Gasteiger partial charge in [-0.25, -0.2) is 9.97 Å². The zero-order valence-corrected chi connectivity index (χ0v) is 11.0. The molecule has 0 aliphatic heterocycles. The summed E-state index contributed by atoms with van der Waals surface area (Å²) in [4.78, 5) is 6.56. The summed E-state index contributed by atoms with van der Waals surface area (Å²) in [6.45, 7) is 1.77. The third-order valence-electron chi connectivity index (χ3n) is 2.47. The molecule has 0 aliphatic carbocycles. The lowest BCUT2D eigenvalue weighted by atomic mass is 10.2. The molecule has 20 heavy (non-hydrogen) atoms. The molecule has 2 aromatic rings. The number of nitrogen functional groups attached to an aromatic ring is 1. The van der Waals surface area contributed by atoms with E-state index in [2.05, 4.69) is 15.3 Å². The normalized spacial score (nSPS) is 11.4. The smallest absolute Gasteiger partial charge is 0.384 e. The Labute approximate surface area is 117 Å². The Kier molecular flexibility index (Phi) is 3.71. The topological polar surface area (TPSA) is 63.8 Å². The lowest BCUT2D eigenvalue weighted by Crippen LogP contribution is -2.13. The van der Waals surface area contributed by atoms with Gasteiger partial charge in [-0.05, 0) is 18.6 Å². The lowest BCUT2D eigenvalue weighted by molar-refractivity contribution is -0.144. The van der Waals surface area contributed by atoms with Crippen LogP contribution in [-0.4, -0.2) is 9.97 Å². The first-order chi connectivity index (χ1) is 9.27. The Morgan fingerprint density at radius 1 is 1.25 bits per heavy atom. The number of benzene rings is 1. The quantitative estimate of drug-likeness (QED) is 0.886. The zero-order chi connectivity index (χ0) is 14.9. The van der Waals surface area contributed by atoms with E-state index in [1.807, 2.05) is 0 Å². The van der Waals surface area contributed by atoms with E-state index in [0.29, 0.717) is 10.7 Å². The number of halogens is 4. The Bertz CT molecular complexity index is 623. The molecule has 1 aromatic heterocycles. The van der Waals surface area contributed by atoms with Crippen molar-refractivity contribution in [1.82, 2.24) is 9.97 Å². The van der Waals surface area contributed by atoms with Gasteiger partial charge in [0, 0.05) is 6.07 Å². The minimum atomic E-state index is -4.67. The van der Waals surface area contributed by atoms with Crippen molar-refractivity contribution >= 4 is 28.9 Å². The van der Waals surface area contributed by atoms with E-state index in [1.165, 1.54) is 6.07 Å². The average Bonchev–Trinajstić information content (AvgIpc) is 2.32. The summed E-state index contributed by atoms with van der Waals surface area (Å²) in [5, 5.41) is 3.10. The maximum Gasteiger partial charge on any atom is 0.451 e. The first kappa shape index (κ1) is 14.4.